The summed E-state index contributed by atoms with van der Waals surface area (Å²) in [4.78, 5) is 12.1. The minimum atomic E-state index is -4.79. The normalized spacial score (nSPS) is 11.2. The minimum absolute atomic E-state index is 0.106. The van der Waals surface area contributed by atoms with Crippen LogP contribution in [0.25, 0.3) is 11.5 Å². The molecule has 0 saturated carbocycles. The van der Waals surface area contributed by atoms with Crippen LogP contribution in [0.15, 0.2) is 59.0 Å². The summed E-state index contributed by atoms with van der Waals surface area (Å²) in [5, 5.41) is 9.89. The predicted octanol–water partition coefficient (Wildman–Crippen LogP) is 3.89. The van der Waals surface area contributed by atoms with Gasteiger partial charge in [0.1, 0.15) is 5.75 Å². The second-order valence-electron chi connectivity index (χ2n) is 4.80. The first kappa shape index (κ1) is 16.5. The summed E-state index contributed by atoms with van der Waals surface area (Å²) < 4.78 is 45.4. The van der Waals surface area contributed by atoms with Gasteiger partial charge < -0.3 is 9.15 Å². The molecular weight excluding hydrogens is 339 g/mol. The van der Waals surface area contributed by atoms with Crippen molar-refractivity contribution in [1.82, 2.24) is 10.2 Å². The molecule has 25 heavy (non-hydrogen) atoms. The third-order valence-electron chi connectivity index (χ3n) is 3.02. The maximum absolute atomic E-state index is 12.1. The molecule has 0 atom stereocenters. The van der Waals surface area contributed by atoms with Gasteiger partial charge in [-0.3, -0.25) is 10.1 Å². The maximum atomic E-state index is 12.1. The summed E-state index contributed by atoms with van der Waals surface area (Å²) in [6, 6.07) is 13.3. The van der Waals surface area contributed by atoms with Crippen LogP contribution in [0.1, 0.15) is 10.4 Å². The van der Waals surface area contributed by atoms with Crippen LogP contribution in [0.3, 0.4) is 0 Å². The topological polar surface area (TPSA) is 77.3 Å². The summed E-state index contributed by atoms with van der Waals surface area (Å²) in [5.41, 5.74) is 0.790. The van der Waals surface area contributed by atoms with Gasteiger partial charge in [-0.05, 0) is 36.4 Å². The van der Waals surface area contributed by atoms with Crippen molar-refractivity contribution >= 4 is 11.9 Å². The Balaban J connectivity index is 1.67. The molecule has 0 unspecified atom stereocenters. The third kappa shape index (κ3) is 4.34. The van der Waals surface area contributed by atoms with E-state index in [0.29, 0.717) is 5.56 Å². The van der Waals surface area contributed by atoms with E-state index in [0.717, 1.165) is 12.1 Å². The van der Waals surface area contributed by atoms with Gasteiger partial charge in [0.2, 0.25) is 5.89 Å². The third-order valence-corrected chi connectivity index (χ3v) is 3.02. The highest BCUT2D eigenvalue weighted by Crippen LogP contribution is 2.23. The number of nitrogens with one attached hydrogen (secondary N) is 1. The SMILES string of the molecule is O=C(Nc1nnc(-c2ccccc2)o1)c1ccc(OC(F)(F)F)cc1. The molecule has 6 nitrogen and oxygen atoms in total. The average Bonchev–Trinajstić information content (AvgIpc) is 3.03. The molecule has 0 aliphatic heterocycles. The molecule has 0 bridgehead atoms. The Morgan fingerprint density at radius 1 is 1.00 bits per heavy atom. The zero-order chi connectivity index (χ0) is 17.9. The van der Waals surface area contributed by atoms with Gasteiger partial charge in [0.25, 0.3) is 5.91 Å². The molecule has 0 radical (unpaired) electrons. The van der Waals surface area contributed by atoms with E-state index in [1.165, 1.54) is 12.1 Å². The van der Waals surface area contributed by atoms with Gasteiger partial charge in [-0.25, -0.2) is 0 Å². The van der Waals surface area contributed by atoms with Crippen molar-refractivity contribution in [2.24, 2.45) is 0 Å². The van der Waals surface area contributed by atoms with Gasteiger partial charge in [0.05, 0.1) is 0 Å². The average molecular weight is 349 g/mol. The Bertz CT molecular complexity index is 862. The number of carbonyl (C=O) groups excluding carboxylic acids is 1. The van der Waals surface area contributed by atoms with E-state index in [1.807, 2.05) is 6.07 Å². The summed E-state index contributed by atoms with van der Waals surface area (Å²) >= 11 is 0. The fourth-order valence-corrected chi connectivity index (χ4v) is 1.95. The molecular formula is C16H10F3N3O3. The Labute approximate surface area is 139 Å². The maximum Gasteiger partial charge on any atom is 0.573 e. The number of amides is 1. The molecule has 0 aliphatic rings. The van der Waals surface area contributed by atoms with Gasteiger partial charge >= 0.3 is 12.4 Å². The summed E-state index contributed by atoms with van der Waals surface area (Å²) in [6.45, 7) is 0. The van der Waals surface area contributed by atoms with Crippen LogP contribution in [-0.2, 0) is 0 Å². The summed E-state index contributed by atoms with van der Waals surface area (Å²) in [6.07, 6.45) is -4.79. The van der Waals surface area contributed by atoms with Crippen molar-refractivity contribution in [3.05, 3.63) is 60.2 Å². The van der Waals surface area contributed by atoms with Crippen LogP contribution < -0.4 is 10.1 Å². The molecule has 0 saturated heterocycles. The lowest BCUT2D eigenvalue weighted by Crippen LogP contribution is -2.17. The number of halogens is 3. The van der Waals surface area contributed by atoms with Gasteiger partial charge in [-0.15, -0.1) is 18.3 Å². The van der Waals surface area contributed by atoms with E-state index in [1.54, 1.807) is 24.3 Å². The summed E-state index contributed by atoms with van der Waals surface area (Å²) in [7, 11) is 0. The van der Waals surface area contributed by atoms with Crippen LogP contribution in [0.4, 0.5) is 19.2 Å². The number of ether oxygens (including phenoxy) is 1. The number of anilines is 1. The van der Waals surface area contributed by atoms with Crippen LogP contribution in [0.2, 0.25) is 0 Å². The molecule has 1 heterocycles. The van der Waals surface area contributed by atoms with Crippen LogP contribution in [0.5, 0.6) is 5.75 Å². The molecule has 3 aromatic rings. The van der Waals surface area contributed by atoms with Gasteiger partial charge in [-0.2, -0.15) is 0 Å². The van der Waals surface area contributed by atoms with E-state index >= 15 is 0 Å². The highest BCUT2D eigenvalue weighted by Gasteiger charge is 2.31. The number of alkyl halides is 3. The second kappa shape index (κ2) is 6.63. The molecule has 0 fully saturated rings. The molecule has 2 aromatic carbocycles. The highest BCUT2D eigenvalue weighted by molar-refractivity contribution is 6.03. The fourth-order valence-electron chi connectivity index (χ4n) is 1.95. The lowest BCUT2D eigenvalue weighted by Gasteiger charge is -2.08. The van der Waals surface area contributed by atoms with Gasteiger partial charge in [0, 0.05) is 11.1 Å². The Morgan fingerprint density at radius 2 is 1.68 bits per heavy atom. The Morgan fingerprint density at radius 3 is 2.32 bits per heavy atom. The smallest absolute Gasteiger partial charge is 0.406 e. The highest BCUT2D eigenvalue weighted by atomic mass is 19.4. The van der Waals surface area contributed by atoms with E-state index in [9.17, 15) is 18.0 Å². The number of rotatable bonds is 4. The Kier molecular flexibility index (Phi) is 4.38. The predicted molar refractivity (Wildman–Crippen MR) is 80.8 cm³/mol. The molecule has 1 amide bonds. The first-order valence-electron chi connectivity index (χ1n) is 6.97. The molecule has 0 aliphatic carbocycles. The van der Waals surface area contributed by atoms with Crippen LogP contribution >= 0.6 is 0 Å². The zero-order valence-electron chi connectivity index (χ0n) is 12.4. The number of aromatic nitrogens is 2. The van der Waals surface area contributed by atoms with Crippen molar-refractivity contribution in [1.29, 1.82) is 0 Å². The molecule has 128 valence electrons. The number of nitrogens with zero attached hydrogens (tertiary/aromatic N) is 2. The lowest BCUT2D eigenvalue weighted by molar-refractivity contribution is -0.274. The summed E-state index contributed by atoms with van der Waals surface area (Å²) in [5.74, 6) is -0.806. The minimum Gasteiger partial charge on any atom is -0.406 e. The van der Waals surface area contributed by atoms with Crippen molar-refractivity contribution in [3.63, 3.8) is 0 Å². The van der Waals surface area contributed by atoms with Crippen molar-refractivity contribution < 1.29 is 27.1 Å². The van der Waals surface area contributed by atoms with Crippen molar-refractivity contribution in [2.75, 3.05) is 5.32 Å². The van der Waals surface area contributed by atoms with Crippen molar-refractivity contribution in [3.8, 4) is 17.2 Å². The number of hydrogen-bond donors (Lipinski definition) is 1. The van der Waals surface area contributed by atoms with Gasteiger partial charge in [0.15, 0.2) is 0 Å². The molecule has 1 N–H and O–H groups in total. The van der Waals surface area contributed by atoms with Crippen LogP contribution in [0, 0.1) is 0 Å². The van der Waals surface area contributed by atoms with Crippen molar-refractivity contribution in [2.45, 2.75) is 6.36 Å². The van der Waals surface area contributed by atoms with Gasteiger partial charge in [-0.1, -0.05) is 23.3 Å². The standard InChI is InChI=1S/C16H10F3N3O3/c17-16(18,19)25-12-8-6-10(7-9-12)13(23)20-15-22-21-14(24-15)11-4-2-1-3-5-11/h1-9H,(H,20,22,23). The number of benzene rings is 2. The molecule has 0 spiro atoms. The van der Waals surface area contributed by atoms with Crippen LogP contribution in [-0.4, -0.2) is 22.5 Å². The lowest BCUT2D eigenvalue weighted by atomic mass is 10.2. The quantitative estimate of drug-likeness (QED) is 0.773. The zero-order valence-corrected chi connectivity index (χ0v) is 12.4. The fraction of sp³-hybridized carbons (Fsp3) is 0.0625. The van der Waals surface area contributed by atoms with E-state index in [2.05, 4.69) is 20.3 Å². The first-order valence-corrected chi connectivity index (χ1v) is 6.97. The largest absolute Gasteiger partial charge is 0.573 e. The monoisotopic (exact) mass is 349 g/mol. The van der Waals surface area contributed by atoms with E-state index < -0.39 is 18.0 Å². The second-order valence-corrected chi connectivity index (χ2v) is 4.80. The molecule has 1 aromatic heterocycles. The first-order chi connectivity index (χ1) is 11.9. The number of carbonyl (C=O) groups is 1. The molecule has 3 rings (SSSR count). The van der Waals surface area contributed by atoms with E-state index in [4.69, 9.17) is 4.42 Å². The number of hydrogen-bond acceptors (Lipinski definition) is 5. The molecule has 9 heteroatoms. The van der Waals surface area contributed by atoms with E-state index in [-0.39, 0.29) is 17.5 Å². The Hall–Kier alpha value is -3.36.